The molecule has 0 aliphatic heterocycles. The molecular formula is C18H28N2O3. The van der Waals surface area contributed by atoms with E-state index in [9.17, 15) is 4.79 Å². The van der Waals surface area contributed by atoms with Gasteiger partial charge in [-0.1, -0.05) is 13.3 Å². The summed E-state index contributed by atoms with van der Waals surface area (Å²) in [4.78, 5) is 17.3. The number of aromatic nitrogens is 1. The first kappa shape index (κ1) is 17.7. The molecule has 5 nitrogen and oxygen atoms in total. The van der Waals surface area contributed by atoms with Gasteiger partial charge in [-0.2, -0.15) is 0 Å². The van der Waals surface area contributed by atoms with Crippen LogP contribution >= 0.6 is 0 Å². The molecule has 0 radical (unpaired) electrons. The van der Waals surface area contributed by atoms with Gasteiger partial charge in [0.15, 0.2) is 0 Å². The van der Waals surface area contributed by atoms with Gasteiger partial charge in [-0.05, 0) is 52.0 Å². The van der Waals surface area contributed by atoms with Gasteiger partial charge in [0.1, 0.15) is 5.60 Å². The average Bonchev–Trinajstić information content (AvgIpc) is 2.50. The van der Waals surface area contributed by atoms with E-state index in [-0.39, 0.29) is 5.91 Å². The van der Waals surface area contributed by atoms with Crippen LogP contribution in [0.5, 0.6) is 5.88 Å². The number of amides is 1. The summed E-state index contributed by atoms with van der Waals surface area (Å²) < 4.78 is 11.3. The van der Waals surface area contributed by atoms with Gasteiger partial charge in [0.25, 0.3) is 5.91 Å². The van der Waals surface area contributed by atoms with Crippen LogP contribution in [0.2, 0.25) is 0 Å². The molecule has 1 amide bonds. The number of aryl methyl sites for hydroxylation is 1. The lowest BCUT2D eigenvalue weighted by atomic mass is 9.78. The molecule has 2 rings (SSSR count). The molecule has 23 heavy (non-hydrogen) atoms. The second kappa shape index (κ2) is 7.77. The van der Waals surface area contributed by atoms with Crippen molar-refractivity contribution in [3.8, 4) is 5.88 Å². The smallest absolute Gasteiger partial charge is 0.256 e. The summed E-state index contributed by atoms with van der Waals surface area (Å²) in [6, 6.07) is 3.63. The average molecular weight is 320 g/mol. The molecule has 2 atom stereocenters. The Morgan fingerprint density at radius 1 is 1.39 bits per heavy atom. The van der Waals surface area contributed by atoms with E-state index in [0.29, 0.717) is 25.0 Å². The van der Waals surface area contributed by atoms with Crippen molar-refractivity contribution in [2.75, 3.05) is 18.5 Å². The zero-order valence-corrected chi connectivity index (χ0v) is 14.6. The van der Waals surface area contributed by atoms with Crippen molar-refractivity contribution in [3.05, 3.63) is 17.8 Å². The summed E-state index contributed by atoms with van der Waals surface area (Å²) in [5, 5.41) is 3.01. The number of hydrogen-bond donors (Lipinski definition) is 1. The zero-order chi connectivity index (χ0) is 16.9. The van der Waals surface area contributed by atoms with Crippen molar-refractivity contribution in [1.82, 2.24) is 4.98 Å². The van der Waals surface area contributed by atoms with Crippen LogP contribution in [-0.2, 0) is 9.53 Å². The molecule has 128 valence electrons. The number of ether oxygens (including phenoxy) is 2. The molecule has 0 aromatic carbocycles. The van der Waals surface area contributed by atoms with Gasteiger partial charge in [-0.15, -0.1) is 0 Å². The Bertz CT molecular complexity index is 543. The SMILES string of the molecule is CCOc1ccc(NC(=O)[C@@]2(OCC)CCC[C@H](C)C2)c(C)n1. The molecule has 1 N–H and O–H groups in total. The lowest BCUT2D eigenvalue weighted by molar-refractivity contribution is -0.147. The number of carbonyl (C=O) groups is 1. The van der Waals surface area contributed by atoms with Crippen molar-refractivity contribution >= 4 is 11.6 Å². The molecule has 5 heteroatoms. The lowest BCUT2D eigenvalue weighted by Crippen LogP contribution is -2.48. The standard InChI is InChI=1S/C18H28N2O3/c1-5-22-16-10-9-15(14(4)19-16)20-17(21)18(23-6-2)11-7-8-13(3)12-18/h9-10,13H,5-8,11-12H2,1-4H3,(H,20,21)/t13-,18+/m0/s1. The molecule has 1 saturated carbocycles. The zero-order valence-electron chi connectivity index (χ0n) is 14.6. The van der Waals surface area contributed by atoms with Crippen LogP contribution in [-0.4, -0.2) is 29.7 Å². The van der Waals surface area contributed by atoms with E-state index < -0.39 is 5.60 Å². The maximum Gasteiger partial charge on any atom is 0.256 e. The van der Waals surface area contributed by atoms with Gasteiger partial charge < -0.3 is 14.8 Å². The Kier molecular flexibility index (Phi) is 5.99. The minimum atomic E-state index is -0.711. The fourth-order valence-corrected chi connectivity index (χ4v) is 3.32. The third-order valence-corrected chi connectivity index (χ3v) is 4.39. The van der Waals surface area contributed by atoms with Crippen LogP contribution in [0.15, 0.2) is 12.1 Å². The van der Waals surface area contributed by atoms with Gasteiger partial charge in [0.2, 0.25) is 5.88 Å². The van der Waals surface area contributed by atoms with E-state index in [1.165, 1.54) is 0 Å². The first-order valence-electron chi connectivity index (χ1n) is 8.56. The number of hydrogen-bond acceptors (Lipinski definition) is 4. The fraction of sp³-hybridized carbons (Fsp3) is 0.667. The topological polar surface area (TPSA) is 60.5 Å². The Morgan fingerprint density at radius 2 is 2.17 bits per heavy atom. The largest absolute Gasteiger partial charge is 0.478 e. The molecule has 1 aliphatic carbocycles. The van der Waals surface area contributed by atoms with Crippen molar-refractivity contribution in [3.63, 3.8) is 0 Å². The van der Waals surface area contributed by atoms with Crippen molar-refractivity contribution < 1.29 is 14.3 Å². The number of nitrogens with one attached hydrogen (secondary N) is 1. The van der Waals surface area contributed by atoms with E-state index in [1.54, 1.807) is 6.07 Å². The highest BCUT2D eigenvalue weighted by Gasteiger charge is 2.42. The van der Waals surface area contributed by atoms with Crippen molar-refractivity contribution in [2.24, 2.45) is 5.92 Å². The normalized spacial score (nSPS) is 24.3. The summed E-state index contributed by atoms with van der Waals surface area (Å²) in [5.41, 5.74) is 0.757. The predicted molar refractivity (Wildman–Crippen MR) is 90.8 cm³/mol. The Hall–Kier alpha value is -1.62. The second-order valence-electron chi connectivity index (χ2n) is 6.30. The summed E-state index contributed by atoms with van der Waals surface area (Å²) in [6.07, 6.45) is 3.73. The third kappa shape index (κ3) is 4.22. The molecule has 1 aromatic heterocycles. The number of pyridine rings is 1. The lowest BCUT2D eigenvalue weighted by Gasteiger charge is -2.38. The molecule has 0 unspecified atom stereocenters. The summed E-state index contributed by atoms with van der Waals surface area (Å²) >= 11 is 0. The molecular weight excluding hydrogens is 292 g/mol. The number of nitrogens with zero attached hydrogens (tertiary/aromatic N) is 1. The molecule has 1 heterocycles. The van der Waals surface area contributed by atoms with Gasteiger partial charge >= 0.3 is 0 Å². The molecule has 1 fully saturated rings. The Balaban J connectivity index is 2.15. The fourth-order valence-electron chi connectivity index (χ4n) is 3.32. The minimum Gasteiger partial charge on any atom is -0.478 e. The monoisotopic (exact) mass is 320 g/mol. The van der Waals surface area contributed by atoms with Gasteiger partial charge in [0.05, 0.1) is 18.0 Å². The Morgan fingerprint density at radius 3 is 2.78 bits per heavy atom. The van der Waals surface area contributed by atoms with E-state index in [0.717, 1.165) is 37.1 Å². The maximum atomic E-state index is 12.9. The first-order chi connectivity index (χ1) is 11.0. The van der Waals surface area contributed by atoms with E-state index in [4.69, 9.17) is 9.47 Å². The van der Waals surface area contributed by atoms with E-state index in [1.807, 2.05) is 26.8 Å². The molecule has 0 bridgehead atoms. The predicted octanol–water partition coefficient (Wildman–Crippen LogP) is 3.71. The highest BCUT2D eigenvalue weighted by Crippen LogP contribution is 2.36. The van der Waals surface area contributed by atoms with Crippen LogP contribution in [0, 0.1) is 12.8 Å². The molecule has 0 saturated heterocycles. The van der Waals surface area contributed by atoms with E-state index >= 15 is 0 Å². The van der Waals surface area contributed by atoms with Crippen molar-refractivity contribution in [1.29, 1.82) is 0 Å². The van der Waals surface area contributed by atoms with Crippen LogP contribution in [0.3, 0.4) is 0 Å². The third-order valence-electron chi connectivity index (χ3n) is 4.39. The summed E-state index contributed by atoms with van der Waals surface area (Å²) in [5.74, 6) is 1.02. The van der Waals surface area contributed by atoms with Gasteiger partial charge in [0, 0.05) is 12.7 Å². The van der Waals surface area contributed by atoms with Gasteiger partial charge in [-0.25, -0.2) is 4.98 Å². The molecule has 1 aliphatic rings. The van der Waals surface area contributed by atoms with Crippen LogP contribution in [0.4, 0.5) is 5.69 Å². The minimum absolute atomic E-state index is 0.0556. The number of rotatable bonds is 6. The number of anilines is 1. The highest BCUT2D eigenvalue weighted by molar-refractivity contribution is 5.97. The van der Waals surface area contributed by atoms with Crippen LogP contribution < -0.4 is 10.1 Å². The molecule has 0 spiro atoms. The maximum absolute atomic E-state index is 12.9. The summed E-state index contributed by atoms with van der Waals surface area (Å²) in [7, 11) is 0. The van der Waals surface area contributed by atoms with Crippen LogP contribution in [0.1, 0.15) is 52.1 Å². The summed E-state index contributed by atoms with van der Waals surface area (Å²) in [6.45, 7) is 9.03. The first-order valence-corrected chi connectivity index (χ1v) is 8.56. The molecule has 1 aromatic rings. The van der Waals surface area contributed by atoms with E-state index in [2.05, 4.69) is 17.2 Å². The quantitative estimate of drug-likeness (QED) is 0.868. The van der Waals surface area contributed by atoms with Crippen LogP contribution in [0.25, 0.3) is 0 Å². The van der Waals surface area contributed by atoms with Gasteiger partial charge in [-0.3, -0.25) is 4.79 Å². The number of carbonyl (C=O) groups excluding carboxylic acids is 1. The highest BCUT2D eigenvalue weighted by atomic mass is 16.5. The van der Waals surface area contributed by atoms with Crippen molar-refractivity contribution in [2.45, 2.75) is 59.0 Å². The second-order valence-corrected chi connectivity index (χ2v) is 6.30. The Labute approximate surface area is 138 Å².